The fourth-order valence-corrected chi connectivity index (χ4v) is 2.44. The van der Waals surface area contributed by atoms with E-state index in [4.69, 9.17) is 11.5 Å². The number of nitrogen functional groups attached to an aromatic ring is 2. The van der Waals surface area contributed by atoms with Crippen LogP contribution in [-0.2, 0) is 6.42 Å². The monoisotopic (exact) mass is 271 g/mol. The molecule has 0 fully saturated rings. The zero-order valence-electron chi connectivity index (χ0n) is 11.9. The maximum Gasteiger partial charge on any atom is 0.0472 e. The van der Waals surface area contributed by atoms with E-state index in [2.05, 4.69) is 11.0 Å². The molecule has 0 aliphatic heterocycles. The number of hydrogen-bond donors (Lipinski definition) is 3. The van der Waals surface area contributed by atoms with E-state index in [0.717, 1.165) is 22.4 Å². The van der Waals surface area contributed by atoms with Crippen molar-refractivity contribution in [3.05, 3.63) is 42.0 Å². The predicted octanol–water partition coefficient (Wildman–Crippen LogP) is 2.12. The molecule has 0 atom stereocenters. The van der Waals surface area contributed by atoms with Gasteiger partial charge in [0.05, 0.1) is 0 Å². The Hall–Kier alpha value is -2.20. The Morgan fingerprint density at radius 2 is 1.75 bits per heavy atom. The van der Waals surface area contributed by atoms with Crippen LogP contribution in [0.2, 0.25) is 0 Å². The average Bonchev–Trinajstić information content (AvgIpc) is 2.41. The lowest BCUT2D eigenvalue weighted by atomic mass is 9.94. The van der Waals surface area contributed by atoms with Gasteiger partial charge in [0, 0.05) is 43.3 Å². The lowest BCUT2D eigenvalue weighted by Crippen LogP contribution is -2.11. The van der Waals surface area contributed by atoms with E-state index in [1.165, 1.54) is 0 Å². The number of benzene rings is 2. The SMILES string of the molecule is CN(C)c1ccccc1-c1cc(N)cc(N)c1CCO. The number of para-hydroxylation sites is 1. The van der Waals surface area contributed by atoms with Crippen molar-refractivity contribution in [2.45, 2.75) is 6.42 Å². The number of aliphatic hydroxyl groups excluding tert-OH is 1. The molecule has 0 unspecified atom stereocenters. The number of nitrogens with two attached hydrogens (primary N) is 2. The second kappa shape index (κ2) is 5.84. The van der Waals surface area contributed by atoms with Gasteiger partial charge >= 0.3 is 0 Å². The molecule has 5 N–H and O–H groups in total. The topological polar surface area (TPSA) is 75.5 Å². The average molecular weight is 271 g/mol. The quantitative estimate of drug-likeness (QED) is 0.745. The summed E-state index contributed by atoms with van der Waals surface area (Å²) >= 11 is 0. The number of anilines is 3. The summed E-state index contributed by atoms with van der Waals surface area (Å²) in [7, 11) is 4.00. The van der Waals surface area contributed by atoms with Gasteiger partial charge in [-0.05, 0) is 35.7 Å². The molecule has 4 nitrogen and oxygen atoms in total. The van der Waals surface area contributed by atoms with E-state index in [9.17, 15) is 5.11 Å². The largest absolute Gasteiger partial charge is 0.399 e. The Kier molecular flexibility index (Phi) is 4.15. The molecule has 0 heterocycles. The molecule has 0 aliphatic rings. The van der Waals surface area contributed by atoms with Gasteiger partial charge in [-0.2, -0.15) is 0 Å². The maximum atomic E-state index is 9.27. The summed E-state index contributed by atoms with van der Waals surface area (Å²) < 4.78 is 0. The van der Waals surface area contributed by atoms with Crippen LogP contribution in [0.15, 0.2) is 36.4 Å². The fraction of sp³-hybridized carbons (Fsp3) is 0.250. The van der Waals surface area contributed by atoms with Gasteiger partial charge in [-0.1, -0.05) is 18.2 Å². The molecular weight excluding hydrogens is 250 g/mol. The summed E-state index contributed by atoms with van der Waals surface area (Å²) in [4.78, 5) is 2.05. The van der Waals surface area contributed by atoms with Gasteiger partial charge < -0.3 is 21.5 Å². The Morgan fingerprint density at radius 3 is 2.40 bits per heavy atom. The van der Waals surface area contributed by atoms with Crippen molar-refractivity contribution >= 4 is 17.1 Å². The minimum Gasteiger partial charge on any atom is -0.399 e. The van der Waals surface area contributed by atoms with E-state index in [1.54, 1.807) is 6.07 Å². The summed E-state index contributed by atoms with van der Waals surface area (Å²) in [6.07, 6.45) is 0.517. The summed E-state index contributed by atoms with van der Waals surface area (Å²) in [6.45, 7) is 0.0608. The maximum absolute atomic E-state index is 9.27. The highest BCUT2D eigenvalue weighted by Crippen LogP contribution is 2.36. The van der Waals surface area contributed by atoms with Crippen molar-refractivity contribution in [3.8, 4) is 11.1 Å². The van der Waals surface area contributed by atoms with Gasteiger partial charge in [0.1, 0.15) is 0 Å². The number of rotatable bonds is 4. The predicted molar refractivity (Wildman–Crippen MR) is 85.8 cm³/mol. The number of aliphatic hydroxyl groups is 1. The van der Waals surface area contributed by atoms with Crippen molar-refractivity contribution in [1.29, 1.82) is 0 Å². The first-order chi connectivity index (χ1) is 9.54. The van der Waals surface area contributed by atoms with Crippen LogP contribution in [0.4, 0.5) is 17.1 Å². The third-order valence-corrected chi connectivity index (χ3v) is 3.34. The van der Waals surface area contributed by atoms with E-state index >= 15 is 0 Å². The van der Waals surface area contributed by atoms with Crippen LogP contribution in [0.1, 0.15) is 5.56 Å². The lowest BCUT2D eigenvalue weighted by Gasteiger charge is -2.20. The molecule has 0 saturated heterocycles. The highest BCUT2D eigenvalue weighted by Gasteiger charge is 2.13. The van der Waals surface area contributed by atoms with Crippen LogP contribution < -0.4 is 16.4 Å². The lowest BCUT2D eigenvalue weighted by molar-refractivity contribution is 0.300. The first-order valence-electron chi connectivity index (χ1n) is 6.60. The smallest absolute Gasteiger partial charge is 0.0472 e. The van der Waals surface area contributed by atoms with Crippen LogP contribution in [0.3, 0.4) is 0 Å². The molecule has 0 spiro atoms. The minimum atomic E-state index is 0.0608. The van der Waals surface area contributed by atoms with Crippen molar-refractivity contribution in [2.75, 3.05) is 37.1 Å². The van der Waals surface area contributed by atoms with Gasteiger partial charge in [0.25, 0.3) is 0 Å². The van der Waals surface area contributed by atoms with Crippen LogP contribution in [0, 0.1) is 0 Å². The molecule has 106 valence electrons. The Morgan fingerprint density at radius 1 is 1.05 bits per heavy atom. The molecule has 0 aliphatic carbocycles. The third kappa shape index (κ3) is 2.70. The highest BCUT2D eigenvalue weighted by atomic mass is 16.2. The molecular formula is C16H21N3O. The van der Waals surface area contributed by atoms with Crippen molar-refractivity contribution in [1.82, 2.24) is 0 Å². The highest BCUT2D eigenvalue weighted by molar-refractivity contribution is 5.85. The third-order valence-electron chi connectivity index (χ3n) is 3.34. The van der Waals surface area contributed by atoms with Gasteiger partial charge in [-0.25, -0.2) is 0 Å². The zero-order valence-corrected chi connectivity index (χ0v) is 11.9. The van der Waals surface area contributed by atoms with Gasteiger partial charge in [-0.3, -0.25) is 0 Å². The van der Waals surface area contributed by atoms with E-state index in [0.29, 0.717) is 17.8 Å². The van der Waals surface area contributed by atoms with Gasteiger partial charge in [0.2, 0.25) is 0 Å². The molecule has 0 radical (unpaired) electrons. The van der Waals surface area contributed by atoms with Gasteiger partial charge in [0.15, 0.2) is 0 Å². The van der Waals surface area contributed by atoms with Crippen LogP contribution in [0.5, 0.6) is 0 Å². The molecule has 0 bridgehead atoms. The van der Waals surface area contributed by atoms with E-state index in [-0.39, 0.29) is 6.61 Å². The first kappa shape index (κ1) is 14.2. The Balaban J connectivity index is 2.68. The molecule has 0 aromatic heterocycles. The van der Waals surface area contributed by atoms with Crippen molar-refractivity contribution in [3.63, 3.8) is 0 Å². The Labute approximate surface area is 119 Å². The first-order valence-corrected chi connectivity index (χ1v) is 6.60. The zero-order chi connectivity index (χ0) is 14.7. The fourth-order valence-electron chi connectivity index (χ4n) is 2.44. The molecule has 0 amide bonds. The van der Waals surface area contributed by atoms with Crippen LogP contribution in [-0.4, -0.2) is 25.8 Å². The summed E-state index contributed by atoms with van der Waals surface area (Å²) in [5.41, 5.74) is 17.3. The van der Waals surface area contributed by atoms with E-state index in [1.807, 2.05) is 38.4 Å². The Bertz CT molecular complexity index is 609. The normalized spacial score (nSPS) is 10.6. The summed E-state index contributed by atoms with van der Waals surface area (Å²) in [5.74, 6) is 0. The standard InChI is InChI=1S/C16H21N3O/c1-19(2)16-6-4-3-5-13(16)14-9-11(17)10-15(18)12(14)7-8-20/h3-6,9-10,20H,7-8,17-18H2,1-2H3. The molecule has 4 heteroatoms. The molecule has 20 heavy (non-hydrogen) atoms. The second-order valence-electron chi connectivity index (χ2n) is 5.02. The van der Waals surface area contributed by atoms with Gasteiger partial charge in [-0.15, -0.1) is 0 Å². The van der Waals surface area contributed by atoms with Crippen LogP contribution in [0.25, 0.3) is 11.1 Å². The second-order valence-corrected chi connectivity index (χ2v) is 5.02. The molecule has 2 rings (SSSR count). The minimum absolute atomic E-state index is 0.0608. The van der Waals surface area contributed by atoms with Crippen molar-refractivity contribution < 1.29 is 5.11 Å². The van der Waals surface area contributed by atoms with E-state index < -0.39 is 0 Å². The summed E-state index contributed by atoms with van der Waals surface area (Å²) in [6, 6.07) is 11.8. The number of hydrogen-bond acceptors (Lipinski definition) is 4. The molecule has 0 saturated carbocycles. The molecule has 2 aromatic carbocycles. The summed E-state index contributed by atoms with van der Waals surface area (Å²) in [5, 5.41) is 9.27. The number of nitrogens with zero attached hydrogens (tertiary/aromatic N) is 1. The van der Waals surface area contributed by atoms with Crippen molar-refractivity contribution in [2.24, 2.45) is 0 Å². The molecule has 2 aromatic rings. The van der Waals surface area contributed by atoms with Crippen LogP contribution >= 0.6 is 0 Å².